The number of rotatable bonds is 5. The summed E-state index contributed by atoms with van der Waals surface area (Å²) < 4.78 is 27.3. The van der Waals surface area contributed by atoms with Gasteiger partial charge in [0.2, 0.25) is 0 Å². The van der Waals surface area contributed by atoms with E-state index in [4.69, 9.17) is 5.73 Å². The zero-order valence-corrected chi connectivity index (χ0v) is 9.89. The summed E-state index contributed by atoms with van der Waals surface area (Å²) in [5, 5.41) is 0. The molecule has 2 aliphatic rings. The van der Waals surface area contributed by atoms with Crippen molar-refractivity contribution in [3.8, 4) is 0 Å². The van der Waals surface area contributed by atoms with Crippen LogP contribution in [0.25, 0.3) is 0 Å². The highest BCUT2D eigenvalue weighted by molar-refractivity contribution is 7.87. The van der Waals surface area contributed by atoms with Crippen LogP contribution < -0.4 is 10.5 Å². The molecular weight excluding hydrogens is 214 g/mol. The van der Waals surface area contributed by atoms with Crippen molar-refractivity contribution in [3.05, 3.63) is 0 Å². The van der Waals surface area contributed by atoms with Gasteiger partial charge in [-0.25, -0.2) is 4.72 Å². The molecule has 3 N–H and O–H groups in total. The Morgan fingerprint density at radius 1 is 1.47 bits per heavy atom. The van der Waals surface area contributed by atoms with E-state index < -0.39 is 10.2 Å². The highest BCUT2D eigenvalue weighted by Gasteiger charge is 2.53. The molecule has 88 valence electrons. The van der Waals surface area contributed by atoms with E-state index in [2.05, 4.69) is 4.72 Å². The van der Waals surface area contributed by atoms with Gasteiger partial charge in [-0.3, -0.25) is 0 Å². The van der Waals surface area contributed by atoms with Gasteiger partial charge in [-0.15, -0.1) is 0 Å². The molecule has 1 aliphatic heterocycles. The molecule has 6 heteroatoms. The standard InChI is InChI=1S/C9H19N3O2S/c1-2-5-11-15(13,14)12-6-9(10,7-12)8-3-4-8/h8,11H,2-7,10H2,1H3. The summed E-state index contributed by atoms with van der Waals surface area (Å²) in [5.41, 5.74) is 5.85. The van der Waals surface area contributed by atoms with Gasteiger partial charge in [-0.2, -0.15) is 12.7 Å². The average molecular weight is 233 g/mol. The molecule has 15 heavy (non-hydrogen) atoms. The molecule has 0 bridgehead atoms. The molecule has 0 aromatic carbocycles. The number of nitrogens with two attached hydrogens (primary N) is 1. The van der Waals surface area contributed by atoms with Crippen LogP contribution in [0.3, 0.4) is 0 Å². The van der Waals surface area contributed by atoms with Crippen LogP contribution in [-0.4, -0.2) is 37.9 Å². The zero-order valence-electron chi connectivity index (χ0n) is 9.07. The summed E-state index contributed by atoms with van der Waals surface area (Å²) in [5.74, 6) is 0.551. The average Bonchev–Trinajstić information content (AvgIpc) is 2.92. The van der Waals surface area contributed by atoms with Crippen molar-refractivity contribution in [2.24, 2.45) is 11.7 Å². The van der Waals surface area contributed by atoms with Gasteiger partial charge in [0.1, 0.15) is 0 Å². The van der Waals surface area contributed by atoms with Crippen LogP contribution in [0.15, 0.2) is 0 Å². The predicted octanol–water partition coefficient (Wildman–Crippen LogP) is -0.346. The summed E-state index contributed by atoms with van der Waals surface area (Å²) in [7, 11) is -3.26. The van der Waals surface area contributed by atoms with Crippen molar-refractivity contribution in [1.82, 2.24) is 9.03 Å². The first kappa shape index (κ1) is 11.3. The molecule has 1 aliphatic carbocycles. The van der Waals surface area contributed by atoms with Crippen LogP contribution in [0.5, 0.6) is 0 Å². The molecule has 0 aromatic rings. The van der Waals surface area contributed by atoms with Crippen LogP contribution in [0.2, 0.25) is 0 Å². The second kappa shape index (κ2) is 3.69. The minimum atomic E-state index is -3.26. The summed E-state index contributed by atoms with van der Waals surface area (Å²) >= 11 is 0. The molecule has 0 amide bonds. The van der Waals surface area contributed by atoms with Gasteiger partial charge in [0.25, 0.3) is 10.2 Å². The van der Waals surface area contributed by atoms with Gasteiger partial charge in [0.05, 0.1) is 0 Å². The van der Waals surface area contributed by atoms with E-state index in [0.717, 1.165) is 19.3 Å². The van der Waals surface area contributed by atoms with Crippen LogP contribution in [0, 0.1) is 5.92 Å². The van der Waals surface area contributed by atoms with Crippen molar-refractivity contribution in [2.45, 2.75) is 31.7 Å². The van der Waals surface area contributed by atoms with Crippen LogP contribution in [-0.2, 0) is 10.2 Å². The van der Waals surface area contributed by atoms with Gasteiger partial charge in [-0.1, -0.05) is 6.92 Å². The van der Waals surface area contributed by atoms with Crippen LogP contribution in [0.4, 0.5) is 0 Å². The number of hydrogen-bond acceptors (Lipinski definition) is 3. The topological polar surface area (TPSA) is 75.4 Å². The molecule has 1 saturated heterocycles. The Morgan fingerprint density at radius 3 is 2.53 bits per heavy atom. The molecule has 2 rings (SSSR count). The van der Waals surface area contributed by atoms with Crippen LogP contribution in [0.1, 0.15) is 26.2 Å². The van der Waals surface area contributed by atoms with E-state index in [1.807, 2.05) is 6.92 Å². The highest BCUT2D eigenvalue weighted by Crippen LogP contribution is 2.43. The van der Waals surface area contributed by atoms with E-state index in [0.29, 0.717) is 25.6 Å². The SMILES string of the molecule is CCCNS(=O)(=O)N1CC(N)(C2CC2)C1. The second-order valence-electron chi connectivity index (χ2n) is 4.67. The number of hydrogen-bond donors (Lipinski definition) is 2. The summed E-state index contributed by atoms with van der Waals surface area (Å²) in [6, 6.07) is 0. The van der Waals surface area contributed by atoms with E-state index in [1.165, 1.54) is 4.31 Å². The normalized spacial score (nSPS) is 26.3. The van der Waals surface area contributed by atoms with Crippen molar-refractivity contribution in [2.75, 3.05) is 19.6 Å². The van der Waals surface area contributed by atoms with Gasteiger partial charge in [0, 0.05) is 25.2 Å². The molecule has 1 heterocycles. The lowest BCUT2D eigenvalue weighted by atomic mass is 9.88. The maximum Gasteiger partial charge on any atom is 0.279 e. The largest absolute Gasteiger partial charge is 0.323 e. The van der Waals surface area contributed by atoms with E-state index in [1.54, 1.807) is 0 Å². The summed E-state index contributed by atoms with van der Waals surface area (Å²) in [6.07, 6.45) is 3.13. The summed E-state index contributed by atoms with van der Waals surface area (Å²) in [4.78, 5) is 0. The molecule has 2 fully saturated rings. The van der Waals surface area contributed by atoms with Crippen molar-refractivity contribution in [3.63, 3.8) is 0 Å². The Morgan fingerprint density at radius 2 is 2.07 bits per heavy atom. The highest BCUT2D eigenvalue weighted by atomic mass is 32.2. The Kier molecular flexibility index (Phi) is 2.79. The van der Waals surface area contributed by atoms with Gasteiger partial charge in [0.15, 0.2) is 0 Å². The molecule has 1 saturated carbocycles. The van der Waals surface area contributed by atoms with E-state index in [9.17, 15) is 8.42 Å². The molecule has 0 aromatic heterocycles. The molecule has 0 radical (unpaired) electrons. The van der Waals surface area contributed by atoms with Crippen molar-refractivity contribution < 1.29 is 8.42 Å². The first-order valence-corrected chi connectivity index (χ1v) is 6.95. The van der Waals surface area contributed by atoms with Crippen molar-refractivity contribution >= 4 is 10.2 Å². The van der Waals surface area contributed by atoms with Gasteiger partial charge >= 0.3 is 0 Å². The van der Waals surface area contributed by atoms with Gasteiger partial charge in [-0.05, 0) is 25.2 Å². The van der Waals surface area contributed by atoms with Crippen LogP contribution >= 0.6 is 0 Å². The Labute approximate surface area is 91.2 Å². The Hall–Kier alpha value is -0.170. The lowest BCUT2D eigenvalue weighted by molar-refractivity contribution is 0.133. The van der Waals surface area contributed by atoms with Gasteiger partial charge < -0.3 is 5.73 Å². The lowest BCUT2D eigenvalue weighted by Gasteiger charge is -2.46. The first-order valence-electron chi connectivity index (χ1n) is 5.51. The minimum absolute atomic E-state index is 0.235. The quantitative estimate of drug-likeness (QED) is 0.682. The fourth-order valence-electron chi connectivity index (χ4n) is 2.02. The molecule has 0 spiro atoms. The minimum Gasteiger partial charge on any atom is -0.323 e. The molecule has 0 atom stereocenters. The third-order valence-corrected chi connectivity index (χ3v) is 4.71. The second-order valence-corrected chi connectivity index (χ2v) is 6.43. The maximum absolute atomic E-state index is 11.7. The smallest absolute Gasteiger partial charge is 0.279 e. The van der Waals surface area contributed by atoms with E-state index >= 15 is 0 Å². The Balaban J connectivity index is 1.87. The van der Waals surface area contributed by atoms with Crippen molar-refractivity contribution in [1.29, 1.82) is 0 Å². The summed E-state index contributed by atoms with van der Waals surface area (Å²) in [6.45, 7) is 3.41. The monoisotopic (exact) mass is 233 g/mol. The molecular formula is C9H19N3O2S. The Bertz CT molecular complexity index is 331. The fourth-order valence-corrected chi connectivity index (χ4v) is 3.48. The maximum atomic E-state index is 11.7. The lowest BCUT2D eigenvalue weighted by Crippen LogP contribution is -2.71. The number of nitrogens with zero attached hydrogens (tertiary/aromatic N) is 1. The first-order chi connectivity index (χ1) is 6.98. The molecule has 5 nitrogen and oxygen atoms in total. The third-order valence-electron chi connectivity index (χ3n) is 3.21. The fraction of sp³-hybridized carbons (Fsp3) is 1.00. The molecule has 0 unspecified atom stereocenters. The number of nitrogens with one attached hydrogen (secondary N) is 1. The zero-order chi connectivity index (χ0) is 11.1. The van der Waals surface area contributed by atoms with E-state index in [-0.39, 0.29) is 5.54 Å². The predicted molar refractivity (Wildman–Crippen MR) is 58.4 cm³/mol. The third kappa shape index (κ3) is 2.18.